The number of anilines is 1. The predicted octanol–water partition coefficient (Wildman–Crippen LogP) is 3.32. The van der Waals surface area contributed by atoms with Crippen LogP contribution in [0.5, 0.6) is 0 Å². The molecule has 3 heterocycles. The van der Waals surface area contributed by atoms with Crippen molar-refractivity contribution in [2.24, 2.45) is 0 Å². The van der Waals surface area contributed by atoms with E-state index in [2.05, 4.69) is 15.4 Å². The van der Waals surface area contributed by atoms with Gasteiger partial charge >= 0.3 is 6.09 Å². The van der Waals surface area contributed by atoms with Crippen LogP contribution in [0.15, 0.2) is 36.8 Å². The van der Waals surface area contributed by atoms with Crippen LogP contribution in [0.3, 0.4) is 0 Å². The number of alkyl halides is 2. The van der Waals surface area contributed by atoms with Gasteiger partial charge in [0, 0.05) is 25.1 Å². The van der Waals surface area contributed by atoms with E-state index in [1.807, 2.05) is 31.2 Å². The van der Waals surface area contributed by atoms with Crippen LogP contribution < -0.4 is 10.2 Å². The molecular weight excluding hydrogens is 368 g/mol. The Morgan fingerprint density at radius 2 is 2.18 bits per heavy atom. The lowest BCUT2D eigenvalue weighted by molar-refractivity contribution is 0.0257. The molecule has 1 aliphatic heterocycles. The van der Waals surface area contributed by atoms with Crippen molar-refractivity contribution in [2.45, 2.75) is 25.8 Å². The van der Waals surface area contributed by atoms with E-state index in [1.54, 1.807) is 15.6 Å². The van der Waals surface area contributed by atoms with E-state index in [4.69, 9.17) is 5.11 Å². The molecule has 0 unspecified atom stereocenters. The number of hydrogen-bond acceptors (Lipinski definition) is 4. The van der Waals surface area contributed by atoms with Gasteiger partial charge < -0.3 is 15.3 Å². The molecule has 0 atom stereocenters. The maximum Gasteiger partial charge on any atom is 0.404 e. The largest absolute Gasteiger partial charge is 0.465 e. The monoisotopic (exact) mass is 387 g/mol. The smallest absolute Gasteiger partial charge is 0.404 e. The number of nitrogens with one attached hydrogen (secondary N) is 1. The van der Waals surface area contributed by atoms with Crippen molar-refractivity contribution in [2.75, 3.05) is 18.0 Å². The molecule has 0 radical (unpaired) electrons. The molecule has 146 valence electrons. The summed E-state index contributed by atoms with van der Waals surface area (Å²) >= 11 is 0. The number of carboxylic acid groups (broad SMARTS) is 1. The van der Waals surface area contributed by atoms with Crippen LogP contribution in [0.25, 0.3) is 16.8 Å². The maximum absolute atomic E-state index is 13.6. The minimum atomic E-state index is -2.67. The van der Waals surface area contributed by atoms with Gasteiger partial charge in [-0.2, -0.15) is 5.10 Å². The Balaban J connectivity index is 1.67. The van der Waals surface area contributed by atoms with Gasteiger partial charge in [-0.3, -0.25) is 0 Å². The average molecular weight is 387 g/mol. The minimum Gasteiger partial charge on any atom is -0.465 e. The van der Waals surface area contributed by atoms with Gasteiger partial charge in [0.25, 0.3) is 5.92 Å². The van der Waals surface area contributed by atoms with Crippen molar-refractivity contribution in [1.82, 2.24) is 19.9 Å². The van der Waals surface area contributed by atoms with Crippen molar-refractivity contribution in [1.29, 1.82) is 0 Å². The predicted molar refractivity (Wildman–Crippen MR) is 99.8 cm³/mol. The summed E-state index contributed by atoms with van der Waals surface area (Å²) in [5.74, 6) is -2.67. The van der Waals surface area contributed by atoms with E-state index >= 15 is 0 Å². The molecule has 0 saturated carbocycles. The molecule has 1 amide bonds. The first-order valence-corrected chi connectivity index (χ1v) is 8.85. The van der Waals surface area contributed by atoms with Gasteiger partial charge in [-0.15, -0.1) is 0 Å². The van der Waals surface area contributed by atoms with Crippen LogP contribution in [0.4, 0.5) is 19.3 Å². The van der Waals surface area contributed by atoms with E-state index in [9.17, 15) is 13.6 Å². The summed E-state index contributed by atoms with van der Waals surface area (Å²) in [5, 5.41) is 15.3. The van der Waals surface area contributed by atoms with Gasteiger partial charge in [0.05, 0.1) is 29.6 Å². The number of aryl methyl sites for hydroxylation is 1. The molecule has 0 spiro atoms. The van der Waals surface area contributed by atoms with Crippen LogP contribution in [-0.4, -0.2) is 44.8 Å². The van der Waals surface area contributed by atoms with Crippen molar-refractivity contribution >= 4 is 17.3 Å². The van der Waals surface area contributed by atoms with Gasteiger partial charge in [0.15, 0.2) is 0 Å². The van der Waals surface area contributed by atoms with E-state index in [-0.39, 0.29) is 19.5 Å². The van der Waals surface area contributed by atoms with Gasteiger partial charge in [-0.1, -0.05) is 12.1 Å². The summed E-state index contributed by atoms with van der Waals surface area (Å²) in [6.45, 7) is 2.13. The summed E-state index contributed by atoms with van der Waals surface area (Å²) in [6.07, 6.45) is 1.94. The number of benzene rings is 1. The fraction of sp³-hybridized carbons (Fsp3) is 0.316. The minimum absolute atomic E-state index is 0.150. The third-order valence-corrected chi connectivity index (χ3v) is 4.97. The summed E-state index contributed by atoms with van der Waals surface area (Å²) in [4.78, 5) is 16.7. The number of nitrogens with zero attached hydrogens (tertiary/aromatic N) is 4. The third kappa shape index (κ3) is 3.47. The average Bonchev–Trinajstić information content (AvgIpc) is 3.23. The summed E-state index contributed by atoms with van der Waals surface area (Å²) in [5.41, 5.74) is 4.75. The van der Waals surface area contributed by atoms with Crippen LogP contribution in [0.1, 0.15) is 17.5 Å². The highest BCUT2D eigenvalue weighted by atomic mass is 19.3. The lowest BCUT2D eigenvalue weighted by Gasteiger charge is -2.15. The molecule has 9 heteroatoms. The topological polar surface area (TPSA) is 82.8 Å². The van der Waals surface area contributed by atoms with Gasteiger partial charge in [-0.05, 0) is 30.2 Å². The van der Waals surface area contributed by atoms with E-state index < -0.39 is 12.0 Å². The van der Waals surface area contributed by atoms with Crippen molar-refractivity contribution in [3.8, 4) is 11.3 Å². The Morgan fingerprint density at radius 1 is 1.36 bits per heavy atom. The van der Waals surface area contributed by atoms with Crippen LogP contribution >= 0.6 is 0 Å². The van der Waals surface area contributed by atoms with Crippen molar-refractivity contribution in [3.63, 3.8) is 0 Å². The Hall–Kier alpha value is -3.23. The van der Waals surface area contributed by atoms with E-state index in [1.165, 1.54) is 6.33 Å². The van der Waals surface area contributed by atoms with Crippen LogP contribution in [0, 0.1) is 6.92 Å². The molecule has 0 aliphatic carbocycles. The zero-order valence-electron chi connectivity index (χ0n) is 15.2. The first-order valence-electron chi connectivity index (χ1n) is 8.85. The molecule has 2 N–H and O–H groups in total. The number of hydrogen-bond donors (Lipinski definition) is 2. The van der Waals surface area contributed by atoms with Crippen molar-refractivity contribution in [3.05, 3.63) is 47.9 Å². The number of rotatable bonds is 4. The molecule has 28 heavy (non-hydrogen) atoms. The standard InChI is InChI=1S/C19H19F2N5O2/c1-12-6-13(2-3-14(12)8-22-18(27)28)17-16-7-15(9-26(16)24-11-23-17)25-5-4-19(20,21)10-25/h2-3,6-7,9,11,22H,4-5,8,10H2,1H3,(H,27,28). The lowest BCUT2D eigenvalue weighted by Crippen LogP contribution is -2.24. The second kappa shape index (κ2) is 6.74. The molecule has 1 aromatic carbocycles. The highest BCUT2D eigenvalue weighted by Gasteiger charge is 2.38. The Bertz CT molecular complexity index is 1050. The molecule has 1 aliphatic rings. The summed E-state index contributed by atoms with van der Waals surface area (Å²) in [7, 11) is 0. The molecule has 1 saturated heterocycles. The van der Waals surface area contributed by atoms with E-state index in [0.29, 0.717) is 17.9 Å². The van der Waals surface area contributed by atoms with Gasteiger partial charge in [0.1, 0.15) is 6.33 Å². The summed E-state index contributed by atoms with van der Waals surface area (Å²) < 4.78 is 28.8. The number of aromatic nitrogens is 3. The first kappa shape index (κ1) is 18.1. The third-order valence-electron chi connectivity index (χ3n) is 4.97. The highest BCUT2D eigenvalue weighted by molar-refractivity contribution is 5.80. The van der Waals surface area contributed by atoms with Gasteiger partial charge in [0.2, 0.25) is 0 Å². The Morgan fingerprint density at radius 3 is 2.86 bits per heavy atom. The van der Waals surface area contributed by atoms with Gasteiger partial charge in [-0.25, -0.2) is 23.1 Å². The second-order valence-electron chi connectivity index (χ2n) is 6.96. The fourth-order valence-corrected chi connectivity index (χ4v) is 3.48. The fourth-order valence-electron chi connectivity index (χ4n) is 3.48. The molecule has 4 rings (SSSR count). The number of amides is 1. The quantitative estimate of drug-likeness (QED) is 0.718. The van der Waals surface area contributed by atoms with Crippen molar-refractivity contribution < 1.29 is 18.7 Å². The number of halogens is 2. The molecule has 0 bridgehead atoms. The van der Waals surface area contributed by atoms with E-state index in [0.717, 1.165) is 22.2 Å². The Kier molecular flexibility index (Phi) is 4.37. The molecular formula is C19H19F2N5O2. The molecule has 1 fully saturated rings. The zero-order valence-corrected chi connectivity index (χ0v) is 15.2. The zero-order chi connectivity index (χ0) is 19.9. The first-order chi connectivity index (χ1) is 13.3. The molecule has 2 aromatic heterocycles. The number of fused-ring (bicyclic) bond motifs is 1. The lowest BCUT2D eigenvalue weighted by atomic mass is 10.0. The molecule has 3 aromatic rings. The second-order valence-corrected chi connectivity index (χ2v) is 6.96. The Labute approximate surface area is 159 Å². The number of carbonyl (C=O) groups is 1. The summed E-state index contributed by atoms with van der Waals surface area (Å²) in [6, 6.07) is 7.47. The molecule has 7 nitrogen and oxygen atoms in total. The normalized spacial score (nSPS) is 15.9. The van der Waals surface area contributed by atoms with Crippen LogP contribution in [0.2, 0.25) is 0 Å². The SMILES string of the molecule is Cc1cc(-c2ncnn3cc(N4CCC(F)(F)C4)cc23)ccc1CNC(=O)O. The highest BCUT2D eigenvalue weighted by Crippen LogP contribution is 2.33. The van der Waals surface area contributed by atoms with Crippen LogP contribution in [-0.2, 0) is 6.54 Å². The maximum atomic E-state index is 13.6.